The van der Waals surface area contributed by atoms with Crippen LogP contribution in [0.2, 0.25) is 0 Å². The Hall–Kier alpha value is -0.942. The summed E-state index contributed by atoms with van der Waals surface area (Å²) in [6.45, 7) is 0. The Morgan fingerprint density at radius 2 is 2.00 bits per heavy atom. The van der Waals surface area contributed by atoms with Crippen LogP contribution >= 0.6 is 0 Å². The summed E-state index contributed by atoms with van der Waals surface area (Å²) in [6, 6.07) is 13.5. The first-order chi connectivity index (χ1) is 6.45. The predicted molar refractivity (Wildman–Crippen MR) is 51.3 cm³/mol. The van der Waals surface area contributed by atoms with Crippen molar-refractivity contribution in [1.29, 1.82) is 0 Å². The van der Waals surface area contributed by atoms with E-state index in [1.165, 1.54) is 16.7 Å². The van der Waals surface area contributed by atoms with E-state index in [0.29, 0.717) is 0 Å². The molecule has 1 aliphatic rings. The van der Waals surface area contributed by atoms with Gasteiger partial charge in [0.05, 0.1) is 0 Å². The van der Waals surface area contributed by atoms with Crippen LogP contribution in [0.1, 0.15) is 11.1 Å². The van der Waals surface area contributed by atoms with Crippen molar-refractivity contribution in [3.05, 3.63) is 53.7 Å². The van der Waals surface area contributed by atoms with Crippen molar-refractivity contribution in [2.75, 3.05) is 0 Å². The normalized spacial score (nSPS) is 11.4. The van der Waals surface area contributed by atoms with E-state index in [0.717, 1.165) is 12.1 Å². The first-order valence-electron chi connectivity index (χ1n) is 4.39. The summed E-state index contributed by atoms with van der Waals surface area (Å²) in [7, 11) is 0. The van der Waals surface area contributed by atoms with E-state index in [2.05, 4.69) is 23.2 Å². The summed E-state index contributed by atoms with van der Waals surface area (Å²) in [5, 5.41) is 0. The molecule has 1 aromatic carbocycles. The molecule has 0 unspecified atom stereocenters. The van der Waals surface area contributed by atoms with Crippen LogP contribution < -0.4 is 0 Å². The molecule has 0 saturated heterocycles. The molecule has 1 aromatic heterocycles. The second-order valence-electron chi connectivity index (χ2n) is 3.26. The fourth-order valence-electron chi connectivity index (χ4n) is 1.85. The minimum Gasteiger partial charge on any atom is -0.304 e. The Morgan fingerprint density at radius 1 is 1.14 bits per heavy atom. The minimum atomic E-state index is 0. The molecule has 0 saturated carbocycles. The SMILES string of the molecule is [Pt].[c-]1cccc2c1-c1ncccc1C2. The summed E-state index contributed by atoms with van der Waals surface area (Å²) in [5.74, 6) is 0. The molecule has 0 aliphatic heterocycles. The number of nitrogens with zero attached hydrogens (tertiary/aromatic N) is 1. The Bertz CT molecular complexity index is 422. The largest absolute Gasteiger partial charge is 0.304 e. The summed E-state index contributed by atoms with van der Waals surface area (Å²) in [4.78, 5) is 4.37. The topological polar surface area (TPSA) is 12.9 Å². The molecule has 72 valence electrons. The molecule has 0 fully saturated rings. The maximum atomic E-state index is 4.37. The van der Waals surface area contributed by atoms with Gasteiger partial charge in [-0.05, 0) is 18.2 Å². The number of benzene rings is 1. The van der Waals surface area contributed by atoms with E-state index in [1.54, 1.807) is 0 Å². The number of pyridine rings is 1. The average molecular weight is 361 g/mol. The zero-order valence-corrected chi connectivity index (χ0v) is 9.71. The molecule has 0 atom stereocenters. The van der Waals surface area contributed by atoms with Crippen molar-refractivity contribution in [2.24, 2.45) is 0 Å². The standard InChI is InChI=1S/C12H8N.Pt/c1-2-6-11-9(4-1)8-10-5-3-7-13-12(10)11;/h1-5,7H,8H2;/q-1;. The summed E-state index contributed by atoms with van der Waals surface area (Å²) in [6.07, 6.45) is 2.85. The Morgan fingerprint density at radius 3 is 2.93 bits per heavy atom. The van der Waals surface area contributed by atoms with Gasteiger partial charge in [-0.1, -0.05) is 11.6 Å². The van der Waals surface area contributed by atoms with Crippen molar-refractivity contribution < 1.29 is 21.1 Å². The molecule has 0 bridgehead atoms. The van der Waals surface area contributed by atoms with Crippen molar-refractivity contribution in [3.8, 4) is 11.3 Å². The van der Waals surface area contributed by atoms with E-state index in [4.69, 9.17) is 0 Å². The third-order valence-corrected chi connectivity index (χ3v) is 2.45. The number of hydrogen-bond donors (Lipinski definition) is 0. The van der Waals surface area contributed by atoms with Crippen molar-refractivity contribution in [3.63, 3.8) is 0 Å². The van der Waals surface area contributed by atoms with Gasteiger partial charge < -0.3 is 4.98 Å². The van der Waals surface area contributed by atoms with Gasteiger partial charge in [0.1, 0.15) is 0 Å². The van der Waals surface area contributed by atoms with Crippen LogP contribution in [0.15, 0.2) is 36.5 Å². The smallest absolute Gasteiger partial charge is 0.0160 e. The van der Waals surface area contributed by atoms with E-state index in [-0.39, 0.29) is 21.1 Å². The molecule has 0 amide bonds. The van der Waals surface area contributed by atoms with Gasteiger partial charge in [-0.15, -0.1) is 35.4 Å². The molecule has 0 spiro atoms. The minimum absolute atomic E-state index is 0. The van der Waals surface area contributed by atoms with Gasteiger partial charge in [0.2, 0.25) is 0 Å². The van der Waals surface area contributed by atoms with E-state index in [1.807, 2.05) is 24.4 Å². The maximum Gasteiger partial charge on any atom is 0.0160 e. The Balaban J connectivity index is 0.000000750. The molecule has 0 radical (unpaired) electrons. The quantitative estimate of drug-likeness (QED) is 0.561. The second-order valence-corrected chi connectivity index (χ2v) is 3.26. The van der Waals surface area contributed by atoms with E-state index < -0.39 is 0 Å². The van der Waals surface area contributed by atoms with E-state index >= 15 is 0 Å². The molecule has 14 heavy (non-hydrogen) atoms. The van der Waals surface area contributed by atoms with Crippen LogP contribution in [0, 0.1) is 6.07 Å². The van der Waals surface area contributed by atoms with Crippen LogP contribution in [0.3, 0.4) is 0 Å². The van der Waals surface area contributed by atoms with Gasteiger partial charge in [0.15, 0.2) is 0 Å². The Kier molecular flexibility index (Phi) is 2.52. The van der Waals surface area contributed by atoms with Gasteiger partial charge in [0, 0.05) is 27.3 Å². The third-order valence-electron chi connectivity index (χ3n) is 2.45. The fourth-order valence-corrected chi connectivity index (χ4v) is 1.85. The van der Waals surface area contributed by atoms with Gasteiger partial charge in [-0.2, -0.15) is 0 Å². The van der Waals surface area contributed by atoms with Crippen molar-refractivity contribution >= 4 is 0 Å². The summed E-state index contributed by atoms with van der Waals surface area (Å²) < 4.78 is 0. The summed E-state index contributed by atoms with van der Waals surface area (Å²) >= 11 is 0. The summed E-state index contributed by atoms with van der Waals surface area (Å²) in [5.41, 5.74) is 4.95. The first kappa shape index (κ1) is 9.61. The number of aromatic nitrogens is 1. The van der Waals surface area contributed by atoms with Gasteiger partial charge >= 0.3 is 0 Å². The van der Waals surface area contributed by atoms with Crippen LogP contribution in [0.4, 0.5) is 0 Å². The van der Waals surface area contributed by atoms with E-state index in [9.17, 15) is 0 Å². The van der Waals surface area contributed by atoms with Crippen LogP contribution in [-0.2, 0) is 27.5 Å². The Labute approximate surface area is 97.5 Å². The molecular weight excluding hydrogens is 353 g/mol. The molecule has 1 nitrogen and oxygen atoms in total. The maximum absolute atomic E-state index is 4.37. The predicted octanol–water partition coefficient (Wildman–Crippen LogP) is 2.45. The molecular formula is C12H8NPt-. The monoisotopic (exact) mass is 361 g/mol. The molecule has 1 heterocycles. The first-order valence-corrected chi connectivity index (χ1v) is 4.39. The zero-order chi connectivity index (χ0) is 8.67. The number of rotatable bonds is 0. The second kappa shape index (κ2) is 3.67. The molecule has 2 heteroatoms. The van der Waals surface area contributed by atoms with Gasteiger partial charge in [-0.25, -0.2) is 0 Å². The number of hydrogen-bond acceptors (Lipinski definition) is 1. The van der Waals surface area contributed by atoms with Crippen molar-refractivity contribution in [2.45, 2.75) is 6.42 Å². The molecule has 2 aromatic rings. The molecule has 1 aliphatic carbocycles. The third kappa shape index (κ3) is 1.32. The van der Waals surface area contributed by atoms with Crippen LogP contribution in [-0.4, -0.2) is 4.98 Å². The van der Waals surface area contributed by atoms with Crippen molar-refractivity contribution in [1.82, 2.24) is 4.98 Å². The fraction of sp³-hybridized carbons (Fsp3) is 0.0833. The van der Waals surface area contributed by atoms with Gasteiger partial charge in [-0.3, -0.25) is 0 Å². The zero-order valence-electron chi connectivity index (χ0n) is 7.43. The van der Waals surface area contributed by atoms with Crippen LogP contribution in [0.25, 0.3) is 11.3 Å². The molecule has 3 rings (SSSR count). The average Bonchev–Trinajstić information content (AvgIpc) is 2.56. The number of fused-ring (bicyclic) bond motifs is 3. The van der Waals surface area contributed by atoms with Gasteiger partial charge in [0.25, 0.3) is 0 Å². The van der Waals surface area contributed by atoms with Crippen LogP contribution in [0.5, 0.6) is 0 Å². The molecule has 0 N–H and O–H groups in total.